The molecule has 1 atom stereocenters. The molecule has 2 nitrogen and oxygen atoms in total. The van der Waals surface area contributed by atoms with E-state index in [-0.39, 0.29) is 6.04 Å². The number of rotatable bonds is 4. The maximum atomic E-state index is 6.19. The second kappa shape index (κ2) is 6.99. The summed E-state index contributed by atoms with van der Waals surface area (Å²) in [5.41, 5.74) is 4.44. The van der Waals surface area contributed by atoms with Gasteiger partial charge in [0, 0.05) is 20.1 Å². The van der Waals surface area contributed by atoms with Crippen LogP contribution >= 0.6 is 46.4 Å². The van der Waals surface area contributed by atoms with Crippen LogP contribution < -0.4 is 11.3 Å². The highest BCUT2D eigenvalue weighted by molar-refractivity contribution is 6.34. The van der Waals surface area contributed by atoms with Crippen LogP contribution in [0.2, 0.25) is 20.1 Å². The predicted octanol–water partition coefficient (Wildman–Crippen LogP) is 5.05. The Hall–Kier alpha value is -0.480. The third-order valence-electron chi connectivity index (χ3n) is 2.97. The van der Waals surface area contributed by atoms with E-state index in [2.05, 4.69) is 5.43 Å². The minimum Gasteiger partial charge on any atom is -0.271 e. The van der Waals surface area contributed by atoms with Crippen LogP contribution in [0.3, 0.4) is 0 Å². The molecule has 0 aliphatic heterocycles. The van der Waals surface area contributed by atoms with E-state index < -0.39 is 0 Å². The molecule has 3 N–H and O–H groups in total. The number of hydrogen-bond donors (Lipinski definition) is 2. The van der Waals surface area contributed by atoms with Crippen LogP contribution in [0.15, 0.2) is 36.4 Å². The Kier molecular flexibility index (Phi) is 5.56. The number of benzene rings is 2. The quantitative estimate of drug-likeness (QED) is 0.598. The molecule has 0 fully saturated rings. The molecule has 106 valence electrons. The van der Waals surface area contributed by atoms with Crippen molar-refractivity contribution in [3.63, 3.8) is 0 Å². The standard InChI is InChI=1S/C14H12Cl4N2/c15-9-1-3-12(17)8(5-9)6-14(20-19)11-7-10(16)2-4-13(11)18/h1-5,7,14,20H,6,19H2. The Labute approximate surface area is 137 Å². The first kappa shape index (κ1) is 15.9. The summed E-state index contributed by atoms with van der Waals surface area (Å²) >= 11 is 24.4. The van der Waals surface area contributed by atoms with Crippen LogP contribution in [-0.4, -0.2) is 0 Å². The second-order valence-corrected chi connectivity index (χ2v) is 6.01. The topological polar surface area (TPSA) is 38.0 Å². The molecular formula is C14H12Cl4N2. The molecule has 6 heteroatoms. The summed E-state index contributed by atoms with van der Waals surface area (Å²) in [6.07, 6.45) is 0.552. The number of nitrogens with one attached hydrogen (secondary N) is 1. The molecule has 0 radical (unpaired) electrons. The Bertz CT molecular complexity index is 616. The number of halogens is 4. The van der Waals surface area contributed by atoms with E-state index in [0.717, 1.165) is 11.1 Å². The third kappa shape index (κ3) is 3.79. The smallest absolute Gasteiger partial charge is 0.0516 e. The SMILES string of the molecule is NNC(Cc1cc(Cl)ccc1Cl)c1cc(Cl)ccc1Cl. The minimum absolute atomic E-state index is 0.211. The van der Waals surface area contributed by atoms with E-state index in [9.17, 15) is 0 Å². The van der Waals surface area contributed by atoms with Gasteiger partial charge in [-0.1, -0.05) is 46.4 Å². The maximum Gasteiger partial charge on any atom is 0.0516 e. The van der Waals surface area contributed by atoms with E-state index in [1.807, 2.05) is 6.07 Å². The Morgan fingerprint density at radius 1 is 0.900 bits per heavy atom. The predicted molar refractivity (Wildman–Crippen MR) is 86.7 cm³/mol. The highest BCUT2D eigenvalue weighted by atomic mass is 35.5. The van der Waals surface area contributed by atoms with Crippen molar-refractivity contribution in [3.8, 4) is 0 Å². The van der Waals surface area contributed by atoms with Crippen molar-refractivity contribution in [2.75, 3.05) is 0 Å². The summed E-state index contributed by atoms with van der Waals surface area (Å²) < 4.78 is 0. The maximum absolute atomic E-state index is 6.19. The van der Waals surface area contributed by atoms with E-state index in [4.69, 9.17) is 52.2 Å². The van der Waals surface area contributed by atoms with Crippen molar-refractivity contribution >= 4 is 46.4 Å². The number of hydrogen-bond acceptors (Lipinski definition) is 2. The summed E-state index contributed by atoms with van der Waals surface area (Å²) in [6.45, 7) is 0. The summed E-state index contributed by atoms with van der Waals surface area (Å²) in [6, 6.07) is 10.4. The van der Waals surface area contributed by atoms with Crippen molar-refractivity contribution in [1.29, 1.82) is 0 Å². The molecule has 1 unspecified atom stereocenters. The number of hydrazine groups is 1. The van der Waals surface area contributed by atoms with Crippen LogP contribution in [-0.2, 0) is 6.42 Å². The lowest BCUT2D eigenvalue weighted by Crippen LogP contribution is -2.29. The largest absolute Gasteiger partial charge is 0.271 e. The fraction of sp³-hybridized carbons (Fsp3) is 0.143. The normalized spacial score (nSPS) is 12.4. The van der Waals surface area contributed by atoms with Gasteiger partial charge in [-0.15, -0.1) is 0 Å². The van der Waals surface area contributed by atoms with Gasteiger partial charge in [0.25, 0.3) is 0 Å². The number of nitrogens with two attached hydrogens (primary N) is 1. The van der Waals surface area contributed by atoms with Gasteiger partial charge in [-0.2, -0.15) is 0 Å². The fourth-order valence-corrected chi connectivity index (χ4v) is 2.78. The van der Waals surface area contributed by atoms with Crippen molar-refractivity contribution in [3.05, 3.63) is 67.6 Å². The molecule has 0 bridgehead atoms. The molecule has 0 heterocycles. The lowest BCUT2D eigenvalue weighted by Gasteiger charge is -2.19. The van der Waals surface area contributed by atoms with E-state index in [0.29, 0.717) is 26.5 Å². The minimum atomic E-state index is -0.211. The van der Waals surface area contributed by atoms with E-state index in [1.54, 1.807) is 30.3 Å². The van der Waals surface area contributed by atoms with Gasteiger partial charge in [-0.3, -0.25) is 11.3 Å². The van der Waals surface area contributed by atoms with Crippen LogP contribution in [0.1, 0.15) is 17.2 Å². The zero-order valence-corrected chi connectivity index (χ0v) is 13.4. The Morgan fingerprint density at radius 3 is 2.15 bits per heavy atom. The summed E-state index contributed by atoms with van der Waals surface area (Å²) in [5, 5.41) is 2.45. The highest BCUT2D eigenvalue weighted by Gasteiger charge is 2.16. The van der Waals surface area contributed by atoms with E-state index >= 15 is 0 Å². The second-order valence-electron chi connectivity index (χ2n) is 4.32. The summed E-state index contributed by atoms with van der Waals surface area (Å²) in [5.74, 6) is 5.63. The molecule has 0 aromatic heterocycles. The van der Waals surface area contributed by atoms with Gasteiger partial charge in [0.05, 0.1) is 6.04 Å². The summed E-state index contributed by atoms with van der Waals surface area (Å²) in [4.78, 5) is 0. The first-order chi connectivity index (χ1) is 9.51. The van der Waals surface area contributed by atoms with Crippen LogP contribution in [0.25, 0.3) is 0 Å². The zero-order chi connectivity index (χ0) is 14.7. The van der Waals surface area contributed by atoms with Gasteiger partial charge in [0.2, 0.25) is 0 Å². The van der Waals surface area contributed by atoms with Crippen molar-refractivity contribution in [2.24, 2.45) is 5.84 Å². The van der Waals surface area contributed by atoms with Crippen molar-refractivity contribution < 1.29 is 0 Å². The average molecular weight is 350 g/mol. The molecule has 20 heavy (non-hydrogen) atoms. The molecule has 0 aliphatic rings. The zero-order valence-electron chi connectivity index (χ0n) is 10.3. The molecule has 2 aromatic rings. The fourth-order valence-electron chi connectivity index (χ4n) is 1.96. The first-order valence-electron chi connectivity index (χ1n) is 5.86. The lowest BCUT2D eigenvalue weighted by atomic mass is 9.99. The monoisotopic (exact) mass is 348 g/mol. The molecule has 2 rings (SSSR count). The first-order valence-corrected chi connectivity index (χ1v) is 7.37. The molecule has 0 amide bonds. The van der Waals surface area contributed by atoms with Crippen LogP contribution in [0, 0.1) is 0 Å². The van der Waals surface area contributed by atoms with Crippen molar-refractivity contribution in [1.82, 2.24) is 5.43 Å². The van der Waals surface area contributed by atoms with Crippen molar-refractivity contribution in [2.45, 2.75) is 12.5 Å². The van der Waals surface area contributed by atoms with Gasteiger partial charge in [0.15, 0.2) is 0 Å². The van der Waals surface area contributed by atoms with Gasteiger partial charge in [0.1, 0.15) is 0 Å². The molecule has 0 saturated carbocycles. The lowest BCUT2D eigenvalue weighted by molar-refractivity contribution is 0.552. The van der Waals surface area contributed by atoms with E-state index in [1.165, 1.54) is 0 Å². The van der Waals surface area contributed by atoms with Gasteiger partial charge >= 0.3 is 0 Å². The van der Waals surface area contributed by atoms with Gasteiger partial charge in [-0.25, -0.2) is 0 Å². The average Bonchev–Trinajstić information content (AvgIpc) is 2.42. The van der Waals surface area contributed by atoms with Crippen LogP contribution in [0.4, 0.5) is 0 Å². The summed E-state index contributed by atoms with van der Waals surface area (Å²) in [7, 11) is 0. The third-order valence-corrected chi connectivity index (χ3v) is 4.15. The molecule has 0 spiro atoms. The molecule has 2 aromatic carbocycles. The van der Waals surface area contributed by atoms with Gasteiger partial charge in [-0.05, 0) is 53.9 Å². The highest BCUT2D eigenvalue weighted by Crippen LogP contribution is 2.30. The Balaban J connectivity index is 2.33. The van der Waals surface area contributed by atoms with Gasteiger partial charge < -0.3 is 0 Å². The Morgan fingerprint density at radius 2 is 1.50 bits per heavy atom. The molecule has 0 aliphatic carbocycles. The molecular weight excluding hydrogens is 338 g/mol. The molecule has 0 saturated heterocycles. The van der Waals surface area contributed by atoms with Crippen LogP contribution in [0.5, 0.6) is 0 Å².